The maximum absolute atomic E-state index is 13.4. The van der Waals surface area contributed by atoms with Gasteiger partial charge in [-0.25, -0.2) is 0 Å². The number of hydrogen-bond acceptors (Lipinski definition) is 5. The molecule has 0 aliphatic carbocycles. The number of nitrogens with one attached hydrogen (secondary N) is 2. The van der Waals surface area contributed by atoms with Gasteiger partial charge in [-0.3, -0.25) is 14.4 Å². The summed E-state index contributed by atoms with van der Waals surface area (Å²) in [6.07, 6.45) is 4.67. The second kappa shape index (κ2) is 9.00. The van der Waals surface area contributed by atoms with Crippen molar-refractivity contribution in [2.24, 2.45) is 11.8 Å². The van der Waals surface area contributed by atoms with Crippen molar-refractivity contribution in [2.75, 3.05) is 19.7 Å². The predicted octanol–water partition coefficient (Wildman–Crippen LogP) is 0.574. The summed E-state index contributed by atoms with van der Waals surface area (Å²) in [5.74, 6) is -1.91. The van der Waals surface area contributed by atoms with Gasteiger partial charge in [0.25, 0.3) is 0 Å². The van der Waals surface area contributed by atoms with Crippen LogP contribution in [-0.4, -0.2) is 71.2 Å². The molecule has 3 saturated heterocycles. The molecule has 1 spiro atoms. The number of aliphatic hydroxyl groups excluding tert-OH is 1. The minimum Gasteiger partial charge on any atom is -0.394 e. The van der Waals surface area contributed by atoms with Crippen LogP contribution in [0.15, 0.2) is 0 Å². The minimum absolute atomic E-state index is 0.169. The van der Waals surface area contributed by atoms with Crippen molar-refractivity contribution < 1.29 is 24.2 Å². The number of carbonyl (C=O) groups excluding carboxylic acids is 3. The third-order valence-electron chi connectivity index (χ3n) is 6.66. The number of likely N-dealkylation sites (tertiary alicyclic amines) is 1. The average molecular weight is 410 g/mol. The van der Waals surface area contributed by atoms with Crippen molar-refractivity contribution in [1.29, 1.82) is 0 Å². The molecule has 0 aromatic rings. The van der Waals surface area contributed by atoms with Gasteiger partial charge in [-0.1, -0.05) is 26.7 Å². The van der Waals surface area contributed by atoms with E-state index in [1.165, 1.54) is 4.90 Å². The van der Waals surface area contributed by atoms with Gasteiger partial charge < -0.3 is 25.4 Å². The van der Waals surface area contributed by atoms with Gasteiger partial charge in [0.1, 0.15) is 11.6 Å². The molecular weight excluding hydrogens is 374 g/mol. The van der Waals surface area contributed by atoms with Gasteiger partial charge in [-0.15, -0.1) is 0 Å². The summed E-state index contributed by atoms with van der Waals surface area (Å²) in [7, 11) is 0. The van der Waals surface area contributed by atoms with Crippen LogP contribution in [-0.2, 0) is 19.1 Å². The van der Waals surface area contributed by atoms with E-state index < -0.39 is 29.5 Å². The Kier molecular flexibility index (Phi) is 6.83. The number of aliphatic hydroxyl groups is 1. The number of unbranched alkanes of at least 4 members (excludes halogenated alkanes) is 2. The molecule has 29 heavy (non-hydrogen) atoms. The van der Waals surface area contributed by atoms with Crippen LogP contribution in [0.2, 0.25) is 0 Å². The normalized spacial score (nSPS) is 33.7. The van der Waals surface area contributed by atoms with Crippen LogP contribution in [0.25, 0.3) is 0 Å². The molecule has 0 saturated carbocycles. The predicted molar refractivity (Wildman–Crippen MR) is 107 cm³/mol. The first kappa shape index (κ1) is 22.0. The lowest BCUT2D eigenvalue weighted by Gasteiger charge is -2.35. The van der Waals surface area contributed by atoms with Crippen LogP contribution in [0.5, 0.6) is 0 Å². The first-order chi connectivity index (χ1) is 13.9. The molecule has 3 fully saturated rings. The zero-order valence-corrected chi connectivity index (χ0v) is 17.8. The molecule has 3 N–H and O–H groups in total. The molecule has 0 aromatic carbocycles. The van der Waals surface area contributed by atoms with E-state index in [1.54, 1.807) is 6.92 Å². The van der Waals surface area contributed by atoms with E-state index in [0.717, 1.165) is 25.7 Å². The SMILES string of the molecule is CCCCCNC(=O)C1N([C@H](C)CO)C(=O)[C@@H]2[C@@H](C(=O)NCCC)[C@H]3CCC12O3. The smallest absolute Gasteiger partial charge is 0.245 e. The van der Waals surface area contributed by atoms with Crippen LogP contribution in [0, 0.1) is 11.8 Å². The maximum Gasteiger partial charge on any atom is 0.245 e. The molecule has 0 radical (unpaired) electrons. The Morgan fingerprint density at radius 1 is 1.21 bits per heavy atom. The highest BCUT2D eigenvalue weighted by atomic mass is 16.5. The Hall–Kier alpha value is -1.67. The summed E-state index contributed by atoms with van der Waals surface area (Å²) >= 11 is 0. The third kappa shape index (κ3) is 3.65. The first-order valence-corrected chi connectivity index (χ1v) is 11.1. The zero-order chi connectivity index (χ0) is 21.2. The molecule has 3 aliphatic heterocycles. The fourth-order valence-corrected chi connectivity index (χ4v) is 5.30. The highest BCUT2D eigenvalue weighted by Crippen LogP contribution is 2.58. The van der Waals surface area contributed by atoms with Crippen LogP contribution in [0.3, 0.4) is 0 Å². The number of hydrogen-bond donors (Lipinski definition) is 3. The maximum atomic E-state index is 13.4. The summed E-state index contributed by atoms with van der Waals surface area (Å²) in [5.41, 5.74) is -0.978. The van der Waals surface area contributed by atoms with E-state index in [0.29, 0.717) is 25.9 Å². The molecule has 3 rings (SSSR count). The lowest BCUT2D eigenvalue weighted by Crippen LogP contribution is -2.57. The number of fused-ring (bicyclic) bond motifs is 1. The molecule has 164 valence electrons. The summed E-state index contributed by atoms with van der Waals surface area (Å²) in [4.78, 5) is 40.9. The van der Waals surface area contributed by atoms with Gasteiger partial charge in [-0.2, -0.15) is 0 Å². The Morgan fingerprint density at radius 3 is 2.59 bits per heavy atom. The first-order valence-electron chi connectivity index (χ1n) is 11.1. The monoisotopic (exact) mass is 409 g/mol. The Labute approximate surface area is 172 Å². The molecule has 2 bridgehead atoms. The van der Waals surface area contributed by atoms with E-state index in [4.69, 9.17) is 4.74 Å². The Morgan fingerprint density at radius 2 is 1.93 bits per heavy atom. The van der Waals surface area contributed by atoms with Gasteiger partial charge >= 0.3 is 0 Å². The molecule has 3 heterocycles. The second-order valence-electron chi connectivity index (χ2n) is 8.62. The molecule has 3 aliphatic rings. The van der Waals surface area contributed by atoms with Crippen LogP contribution in [0.1, 0.15) is 59.3 Å². The van der Waals surface area contributed by atoms with Gasteiger partial charge in [0.15, 0.2) is 0 Å². The molecule has 3 amide bonds. The van der Waals surface area contributed by atoms with E-state index in [1.807, 2.05) is 6.92 Å². The van der Waals surface area contributed by atoms with E-state index >= 15 is 0 Å². The zero-order valence-electron chi connectivity index (χ0n) is 17.8. The van der Waals surface area contributed by atoms with E-state index in [2.05, 4.69) is 17.6 Å². The summed E-state index contributed by atoms with van der Waals surface area (Å²) in [6, 6.07) is -1.33. The van der Waals surface area contributed by atoms with Crippen molar-refractivity contribution in [3.63, 3.8) is 0 Å². The minimum atomic E-state index is -0.978. The number of rotatable bonds is 10. The number of carbonyl (C=O) groups is 3. The van der Waals surface area contributed by atoms with E-state index in [-0.39, 0.29) is 30.4 Å². The van der Waals surface area contributed by atoms with E-state index in [9.17, 15) is 19.5 Å². The molecule has 8 nitrogen and oxygen atoms in total. The van der Waals surface area contributed by atoms with Crippen LogP contribution >= 0.6 is 0 Å². The summed E-state index contributed by atoms with van der Waals surface area (Å²) in [6.45, 7) is 6.65. The van der Waals surface area contributed by atoms with Crippen molar-refractivity contribution >= 4 is 17.7 Å². The Bertz CT molecular complexity index is 642. The Balaban J connectivity index is 1.88. The number of nitrogens with zero attached hydrogens (tertiary/aromatic N) is 1. The second-order valence-corrected chi connectivity index (χ2v) is 8.62. The fraction of sp³-hybridized carbons (Fsp3) is 0.857. The summed E-state index contributed by atoms with van der Waals surface area (Å²) in [5, 5.41) is 15.6. The van der Waals surface area contributed by atoms with Gasteiger partial charge in [0, 0.05) is 13.1 Å². The lowest BCUT2D eigenvalue weighted by molar-refractivity contribution is -0.145. The fourth-order valence-electron chi connectivity index (χ4n) is 5.30. The van der Waals surface area contributed by atoms with Gasteiger partial charge in [-0.05, 0) is 32.6 Å². The topological polar surface area (TPSA) is 108 Å². The quantitative estimate of drug-likeness (QED) is 0.457. The van der Waals surface area contributed by atoms with Crippen LogP contribution < -0.4 is 10.6 Å². The average Bonchev–Trinajstić information content (AvgIpc) is 3.36. The lowest BCUT2D eigenvalue weighted by atomic mass is 9.70. The number of ether oxygens (including phenoxy) is 1. The molecule has 6 atom stereocenters. The molecular formula is C21H35N3O5. The van der Waals surface area contributed by atoms with Crippen molar-refractivity contribution in [3.05, 3.63) is 0 Å². The standard InChI is InChI=1S/C21H35N3O5/c1-4-6-7-11-23-19(27)17-21-9-8-14(29-21)15(18(26)22-10-5-2)16(21)20(28)24(17)13(3)12-25/h13-17,25H,4-12H2,1-3H3,(H,22,26)(H,23,27)/t13-,14-,15+,16+,17?,21?/m1/s1. The molecule has 2 unspecified atom stereocenters. The van der Waals surface area contributed by atoms with Crippen molar-refractivity contribution in [2.45, 2.75) is 83.1 Å². The highest BCUT2D eigenvalue weighted by Gasteiger charge is 2.74. The number of amides is 3. The summed E-state index contributed by atoms with van der Waals surface area (Å²) < 4.78 is 6.29. The molecule has 0 aromatic heterocycles. The largest absolute Gasteiger partial charge is 0.394 e. The van der Waals surface area contributed by atoms with Crippen molar-refractivity contribution in [1.82, 2.24) is 15.5 Å². The highest BCUT2D eigenvalue weighted by molar-refractivity contribution is 5.99. The van der Waals surface area contributed by atoms with Gasteiger partial charge in [0.2, 0.25) is 17.7 Å². The third-order valence-corrected chi connectivity index (χ3v) is 6.66. The van der Waals surface area contributed by atoms with Crippen LogP contribution in [0.4, 0.5) is 0 Å². The van der Waals surface area contributed by atoms with Gasteiger partial charge in [0.05, 0.1) is 30.6 Å². The van der Waals surface area contributed by atoms with Crippen molar-refractivity contribution in [3.8, 4) is 0 Å². The molecule has 8 heteroatoms.